The molecule has 2 aromatic carbocycles. The molecule has 0 aromatic heterocycles. The lowest BCUT2D eigenvalue weighted by atomic mass is 10.2. The van der Waals surface area contributed by atoms with Crippen molar-refractivity contribution < 1.29 is 24.4 Å². The summed E-state index contributed by atoms with van der Waals surface area (Å²) < 4.78 is 4.82. The highest BCUT2D eigenvalue weighted by Crippen LogP contribution is 2.23. The van der Waals surface area contributed by atoms with Crippen molar-refractivity contribution in [2.24, 2.45) is 0 Å². The first kappa shape index (κ1) is 18.2. The van der Waals surface area contributed by atoms with Crippen LogP contribution in [0.25, 0.3) is 0 Å². The number of nitrogens with one attached hydrogen (secondary N) is 1. The smallest absolute Gasteiger partial charge is 0.342 e. The van der Waals surface area contributed by atoms with E-state index >= 15 is 0 Å². The zero-order valence-corrected chi connectivity index (χ0v) is 13.7. The minimum absolute atomic E-state index is 0.0971. The van der Waals surface area contributed by atoms with Gasteiger partial charge < -0.3 is 15.2 Å². The van der Waals surface area contributed by atoms with Crippen LogP contribution in [0.5, 0.6) is 5.75 Å². The van der Waals surface area contributed by atoms with Crippen molar-refractivity contribution in [3.8, 4) is 5.75 Å². The Labute approximate surface area is 147 Å². The third-order valence-electron chi connectivity index (χ3n) is 3.21. The number of aromatic hydroxyl groups is 1. The van der Waals surface area contributed by atoms with E-state index in [1.165, 1.54) is 36.4 Å². The molecule has 0 saturated heterocycles. The number of halogens is 1. The highest BCUT2D eigenvalue weighted by Gasteiger charge is 2.16. The summed E-state index contributed by atoms with van der Waals surface area (Å²) in [5, 5.41) is 23.0. The van der Waals surface area contributed by atoms with Crippen molar-refractivity contribution in [1.29, 1.82) is 0 Å². The number of hydrogen-bond donors (Lipinski definition) is 2. The maximum Gasteiger partial charge on any atom is 0.342 e. The van der Waals surface area contributed by atoms with E-state index in [0.717, 1.165) is 0 Å². The van der Waals surface area contributed by atoms with Gasteiger partial charge >= 0.3 is 5.97 Å². The second-order valence-corrected chi connectivity index (χ2v) is 5.48. The maximum atomic E-state index is 11.9. The van der Waals surface area contributed by atoms with Crippen molar-refractivity contribution >= 4 is 34.9 Å². The number of carbonyl (C=O) groups is 2. The predicted octanol–water partition coefficient (Wildman–Crippen LogP) is 3.06. The van der Waals surface area contributed by atoms with Gasteiger partial charge in [-0.3, -0.25) is 14.9 Å². The molecular weight excluding hydrogens is 352 g/mol. The zero-order chi connectivity index (χ0) is 18.6. The molecule has 0 fully saturated rings. The Hall–Kier alpha value is -3.13. The summed E-state index contributed by atoms with van der Waals surface area (Å²) in [7, 11) is 0. The summed E-state index contributed by atoms with van der Waals surface area (Å²) in [4.78, 5) is 33.8. The third-order valence-corrected chi connectivity index (χ3v) is 3.44. The highest BCUT2D eigenvalue weighted by molar-refractivity contribution is 6.30. The quantitative estimate of drug-likeness (QED) is 0.478. The lowest BCUT2D eigenvalue weighted by Crippen LogP contribution is -2.21. The van der Waals surface area contributed by atoms with Gasteiger partial charge in [-0.15, -0.1) is 0 Å². The van der Waals surface area contributed by atoms with Crippen molar-refractivity contribution in [2.45, 2.75) is 6.92 Å². The molecule has 0 aliphatic heterocycles. The number of nitrogens with zero attached hydrogens (tertiary/aromatic N) is 1. The monoisotopic (exact) mass is 364 g/mol. The SMILES string of the molecule is Cc1cc([N+](=O)[O-])ccc1NC(=O)COC(=O)c1ccc(Cl)cc1O. The number of ether oxygens (including phenoxy) is 1. The van der Waals surface area contributed by atoms with Crippen LogP contribution in [0, 0.1) is 17.0 Å². The molecule has 0 aliphatic rings. The number of aryl methyl sites for hydroxylation is 1. The number of phenols is 1. The lowest BCUT2D eigenvalue weighted by Gasteiger charge is -2.09. The van der Waals surface area contributed by atoms with Crippen LogP contribution in [-0.2, 0) is 9.53 Å². The molecule has 8 nitrogen and oxygen atoms in total. The standard InChI is InChI=1S/C16H13ClN2O6/c1-9-6-11(19(23)24)3-5-13(9)18-15(21)8-25-16(22)12-4-2-10(17)7-14(12)20/h2-7,20H,8H2,1H3,(H,18,21). The molecule has 0 saturated carbocycles. The normalized spacial score (nSPS) is 10.2. The first-order chi connectivity index (χ1) is 11.8. The summed E-state index contributed by atoms with van der Waals surface area (Å²) in [5.41, 5.74) is 0.633. The summed E-state index contributed by atoms with van der Waals surface area (Å²) in [6.45, 7) is 1.01. The number of phenolic OH excluding ortho intramolecular Hbond substituents is 1. The molecule has 9 heteroatoms. The number of anilines is 1. The molecule has 130 valence electrons. The summed E-state index contributed by atoms with van der Waals surface area (Å²) in [5.74, 6) is -1.87. The second-order valence-electron chi connectivity index (χ2n) is 5.04. The zero-order valence-electron chi connectivity index (χ0n) is 13.0. The Bertz CT molecular complexity index is 853. The van der Waals surface area contributed by atoms with Gasteiger partial charge in [0.05, 0.1) is 4.92 Å². The number of carbonyl (C=O) groups excluding carboxylic acids is 2. The van der Waals surface area contributed by atoms with Gasteiger partial charge in [-0.1, -0.05) is 11.6 Å². The number of benzene rings is 2. The Morgan fingerprint density at radius 3 is 2.60 bits per heavy atom. The molecule has 1 amide bonds. The number of rotatable bonds is 5. The van der Waals surface area contributed by atoms with Crippen LogP contribution in [0.15, 0.2) is 36.4 Å². The second kappa shape index (κ2) is 7.63. The largest absolute Gasteiger partial charge is 0.507 e. The van der Waals surface area contributed by atoms with Gasteiger partial charge in [0.1, 0.15) is 11.3 Å². The summed E-state index contributed by atoms with van der Waals surface area (Å²) in [6.07, 6.45) is 0. The first-order valence-corrected chi connectivity index (χ1v) is 7.36. The van der Waals surface area contributed by atoms with Crippen LogP contribution in [0.1, 0.15) is 15.9 Å². The average molecular weight is 365 g/mol. The van der Waals surface area contributed by atoms with Crippen LogP contribution in [0.3, 0.4) is 0 Å². The van der Waals surface area contributed by atoms with E-state index < -0.39 is 23.4 Å². The summed E-state index contributed by atoms with van der Waals surface area (Å²) >= 11 is 5.67. The Morgan fingerprint density at radius 1 is 1.28 bits per heavy atom. The minimum Gasteiger partial charge on any atom is -0.507 e. The number of nitro groups is 1. The molecule has 2 rings (SSSR count). The third kappa shape index (κ3) is 4.67. The van der Waals surface area contributed by atoms with Gasteiger partial charge in [-0.2, -0.15) is 0 Å². The van der Waals surface area contributed by atoms with E-state index in [0.29, 0.717) is 11.3 Å². The number of esters is 1. The van der Waals surface area contributed by atoms with Gasteiger partial charge in [0.25, 0.3) is 11.6 Å². The van der Waals surface area contributed by atoms with Crippen molar-refractivity contribution in [3.63, 3.8) is 0 Å². The van der Waals surface area contributed by atoms with Crippen LogP contribution < -0.4 is 5.32 Å². The molecule has 0 aliphatic carbocycles. The average Bonchev–Trinajstić information content (AvgIpc) is 2.54. The van der Waals surface area contributed by atoms with Crippen molar-refractivity contribution in [3.05, 3.63) is 62.7 Å². The Morgan fingerprint density at radius 2 is 2.00 bits per heavy atom. The van der Waals surface area contributed by atoms with Gasteiger partial charge in [-0.05, 0) is 36.8 Å². The molecule has 2 aromatic rings. The number of non-ortho nitro benzene ring substituents is 1. The van der Waals surface area contributed by atoms with Crippen LogP contribution in [0.2, 0.25) is 5.02 Å². The molecule has 0 radical (unpaired) electrons. The molecular formula is C16H13ClN2O6. The molecule has 2 N–H and O–H groups in total. The number of amides is 1. The van der Waals surface area contributed by atoms with Crippen LogP contribution >= 0.6 is 11.6 Å². The van der Waals surface area contributed by atoms with Crippen molar-refractivity contribution in [2.75, 3.05) is 11.9 Å². The fraction of sp³-hybridized carbons (Fsp3) is 0.125. The van der Waals surface area contributed by atoms with E-state index in [4.69, 9.17) is 16.3 Å². The minimum atomic E-state index is -0.885. The molecule has 0 heterocycles. The van der Waals surface area contributed by atoms with Gasteiger partial charge in [0.2, 0.25) is 0 Å². The van der Waals surface area contributed by atoms with E-state index in [2.05, 4.69) is 5.32 Å². The highest BCUT2D eigenvalue weighted by atomic mass is 35.5. The fourth-order valence-corrected chi connectivity index (χ4v) is 2.14. The topological polar surface area (TPSA) is 119 Å². The molecule has 0 bridgehead atoms. The molecule has 0 atom stereocenters. The Balaban J connectivity index is 1.96. The predicted molar refractivity (Wildman–Crippen MR) is 89.9 cm³/mol. The molecule has 0 unspecified atom stereocenters. The maximum absolute atomic E-state index is 11.9. The van der Waals surface area contributed by atoms with E-state index in [9.17, 15) is 24.8 Å². The summed E-state index contributed by atoms with van der Waals surface area (Å²) in [6, 6.07) is 7.81. The van der Waals surface area contributed by atoms with E-state index in [-0.39, 0.29) is 22.0 Å². The molecule has 25 heavy (non-hydrogen) atoms. The number of hydrogen-bond acceptors (Lipinski definition) is 6. The van der Waals surface area contributed by atoms with Gasteiger partial charge in [0, 0.05) is 22.8 Å². The van der Waals surface area contributed by atoms with Crippen LogP contribution in [-0.4, -0.2) is 28.5 Å². The van der Waals surface area contributed by atoms with E-state index in [1.54, 1.807) is 6.92 Å². The van der Waals surface area contributed by atoms with Gasteiger partial charge in [-0.25, -0.2) is 4.79 Å². The molecule has 0 spiro atoms. The fourth-order valence-electron chi connectivity index (χ4n) is 1.97. The Kier molecular flexibility index (Phi) is 5.56. The first-order valence-electron chi connectivity index (χ1n) is 6.98. The lowest BCUT2D eigenvalue weighted by molar-refractivity contribution is -0.384. The number of nitro benzene ring substituents is 1. The van der Waals surface area contributed by atoms with Crippen LogP contribution in [0.4, 0.5) is 11.4 Å². The van der Waals surface area contributed by atoms with E-state index in [1.807, 2.05) is 0 Å². The van der Waals surface area contributed by atoms with Crippen molar-refractivity contribution in [1.82, 2.24) is 0 Å². The van der Waals surface area contributed by atoms with Gasteiger partial charge in [0.15, 0.2) is 6.61 Å².